The Bertz CT molecular complexity index is 1070. The molecule has 0 N–H and O–H groups in total. The maximum atomic E-state index is 12.4. The highest BCUT2D eigenvalue weighted by molar-refractivity contribution is 5.79. The van der Waals surface area contributed by atoms with Gasteiger partial charge in [-0.05, 0) is 62.6 Å². The summed E-state index contributed by atoms with van der Waals surface area (Å²) in [5.41, 5.74) is 3.29. The van der Waals surface area contributed by atoms with Crippen LogP contribution in [0.5, 0.6) is 0 Å². The highest BCUT2D eigenvalue weighted by Gasteiger charge is 2.24. The van der Waals surface area contributed by atoms with Crippen LogP contribution in [0.1, 0.15) is 37.1 Å². The number of piperidine rings is 1. The molecule has 178 valence electrons. The Morgan fingerprint density at radius 1 is 0.971 bits per heavy atom. The molecule has 0 aliphatic carbocycles. The maximum absolute atomic E-state index is 12.4. The van der Waals surface area contributed by atoms with Crippen molar-refractivity contribution >= 4 is 11.6 Å². The number of benzene rings is 2. The average molecular weight is 460 g/mol. The number of hydrogen-bond donors (Lipinski definition) is 0. The Hall–Kier alpha value is -3.19. The summed E-state index contributed by atoms with van der Waals surface area (Å²) in [6.07, 6.45) is 4.96. The van der Waals surface area contributed by atoms with Crippen LogP contribution in [-0.2, 0) is 17.8 Å². The van der Waals surface area contributed by atoms with E-state index in [1.165, 1.54) is 5.69 Å². The number of aromatic nitrogens is 2. The minimum absolute atomic E-state index is 0.256. The van der Waals surface area contributed by atoms with Crippen LogP contribution in [0.25, 0.3) is 11.5 Å². The summed E-state index contributed by atoms with van der Waals surface area (Å²) in [4.78, 5) is 19.2. The number of anilines is 1. The van der Waals surface area contributed by atoms with E-state index in [4.69, 9.17) is 4.42 Å². The molecule has 0 spiro atoms. The Morgan fingerprint density at radius 2 is 1.68 bits per heavy atom. The zero-order chi connectivity index (χ0) is 23.3. The minimum Gasteiger partial charge on any atom is -0.419 e. The Morgan fingerprint density at radius 3 is 2.38 bits per heavy atom. The molecule has 3 heterocycles. The van der Waals surface area contributed by atoms with Crippen LogP contribution >= 0.6 is 0 Å². The SMILES string of the molecule is CN(Cc1nnc(-c2ccccc2)o1)C1CCN(c2ccc(CC(=O)N3CCCC3)cc2)CC1. The molecule has 2 fully saturated rings. The molecule has 0 radical (unpaired) electrons. The van der Waals surface area contributed by atoms with Crippen molar-refractivity contribution in [3.05, 3.63) is 66.1 Å². The van der Waals surface area contributed by atoms with E-state index < -0.39 is 0 Å². The summed E-state index contributed by atoms with van der Waals surface area (Å²) >= 11 is 0. The predicted octanol–water partition coefficient (Wildman–Crippen LogP) is 4.00. The monoisotopic (exact) mass is 459 g/mol. The number of likely N-dealkylation sites (tertiary alicyclic amines) is 1. The fraction of sp³-hybridized carbons (Fsp3) is 0.444. The third kappa shape index (κ3) is 5.30. The normalized spacial score (nSPS) is 17.0. The van der Waals surface area contributed by atoms with Crippen LogP contribution in [-0.4, -0.2) is 65.2 Å². The molecule has 7 nitrogen and oxygen atoms in total. The van der Waals surface area contributed by atoms with Crippen molar-refractivity contribution in [1.82, 2.24) is 20.0 Å². The third-order valence-corrected chi connectivity index (χ3v) is 7.08. The Kier molecular flexibility index (Phi) is 6.90. The van der Waals surface area contributed by atoms with Gasteiger partial charge in [0.2, 0.25) is 17.7 Å². The largest absolute Gasteiger partial charge is 0.419 e. The van der Waals surface area contributed by atoms with Crippen molar-refractivity contribution in [1.29, 1.82) is 0 Å². The number of rotatable bonds is 7. The average Bonchev–Trinajstić information content (AvgIpc) is 3.58. The van der Waals surface area contributed by atoms with Crippen molar-refractivity contribution in [2.24, 2.45) is 0 Å². The van der Waals surface area contributed by atoms with Gasteiger partial charge in [-0.3, -0.25) is 9.69 Å². The molecule has 0 atom stereocenters. The summed E-state index contributed by atoms with van der Waals surface area (Å²) in [5.74, 6) is 1.48. The first-order chi connectivity index (χ1) is 16.7. The molecule has 3 aromatic rings. The molecule has 2 saturated heterocycles. The first kappa shape index (κ1) is 22.6. The lowest BCUT2D eigenvalue weighted by atomic mass is 10.0. The molecule has 2 aliphatic rings. The van der Waals surface area contributed by atoms with E-state index in [9.17, 15) is 4.79 Å². The molecule has 0 saturated carbocycles. The summed E-state index contributed by atoms with van der Waals surface area (Å²) in [7, 11) is 2.14. The summed E-state index contributed by atoms with van der Waals surface area (Å²) < 4.78 is 5.89. The van der Waals surface area contributed by atoms with Gasteiger partial charge in [0.25, 0.3) is 0 Å². The highest BCUT2D eigenvalue weighted by Crippen LogP contribution is 2.24. The van der Waals surface area contributed by atoms with Crippen LogP contribution < -0.4 is 4.90 Å². The number of carbonyl (C=O) groups is 1. The highest BCUT2D eigenvalue weighted by atomic mass is 16.4. The molecule has 34 heavy (non-hydrogen) atoms. The first-order valence-electron chi connectivity index (χ1n) is 12.4. The van der Waals surface area contributed by atoms with Gasteiger partial charge in [-0.1, -0.05) is 30.3 Å². The van der Waals surface area contributed by atoms with Crippen LogP contribution in [0, 0.1) is 0 Å². The van der Waals surface area contributed by atoms with E-state index in [-0.39, 0.29) is 5.91 Å². The molecule has 7 heteroatoms. The van der Waals surface area contributed by atoms with Crippen LogP contribution in [0.4, 0.5) is 5.69 Å². The van der Waals surface area contributed by atoms with Crippen LogP contribution in [0.3, 0.4) is 0 Å². The van der Waals surface area contributed by atoms with Crippen molar-refractivity contribution in [3.63, 3.8) is 0 Å². The molecule has 2 aliphatic heterocycles. The fourth-order valence-corrected chi connectivity index (χ4v) is 5.00. The van der Waals surface area contributed by atoms with Gasteiger partial charge >= 0.3 is 0 Å². The van der Waals surface area contributed by atoms with Gasteiger partial charge in [0.15, 0.2) is 0 Å². The van der Waals surface area contributed by atoms with E-state index in [1.807, 2.05) is 35.2 Å². The molecule has 0 unspecified atom stereocenters. The van der Waals surface area contributed by atoms with Crippen LogP contribution in [0.2, 0.25) is 0 Å². The molecule has 1 amide bonds. The second-order valence-corrected chi connectivity index (χ2v) is 9.43. The lowest BCUT2D eigenvalue weighted by molar-refractivity contribution is -0.129. The molecular weight excluding hydrogens is 426 g/mol. The number of hydrogen-bond acceptors (Lipinski definition) is 6. The lowest BCUT2D eigenvalue weighted by Crippen LogP contribution is -2.43. The van der Waals surface area contributed by atoms with Gasteiger partial charge in [-0.25, -0.2) is 0 Å². The molecule has 2 aromatic carbocycles. The Balaban J connectivity index is 1.10. The van der Waals surface area contributed by atoms with Gasteiger partial charge in [0, 0.05) is 43.5 Å². The van der Waals surface area contributed by atoms with E-state index in [1.54, 1.807) is 0 Å². The molecule has 0 bridgehead atoms. The summed E-state index contributed by atoms with van der Waals surface area (Å²) in [6, 6.07) is 18.9. The number of carbonyl (C=O) groups excluding carboxylic acids is 1. The van der Waals surface area contributed by atoms with Gasteiger partial charge < -0.3 is 14.2 Å². The van der Waals surface area contributed by atoms with Crippen LogP contribution in [0.15, 0.2) is 59.0 Å². The van der Waals surface area contributed by atoms with E-state index in [0.29, 0.717) is 30.8 Å². The number of nitrogens with zero attached hydrogens (tertiary/aromatic N) is 5. The lowest BCUT2D eigenvalue weighted by Gasteiger charge is -2.37. The van der Waals surface area contributed by atoms with E-state index >= 15 is 0 Å². The second kappa shape index (κ2) is 10.4. The smallest absolute Gasteiger partial charge is 0.247 e. The molecule has 5 rings (SSSR count). The van der Waals surface area contributed by atoms with Gasteiger partial charge in [-0.15, -0.1) is 10.2 Å². The predicted molar refractivity (Wildman–Crippen MR) is 132 cm³/mol. The minimum atomic E-state index is 0.256. The topological polar surface area (TPSA) is 65.7 Å². The third-order valence-electron chi connectivity index (χ3n) is 7.08. The van der Waals surface area contributed by atoms with Crippen molar-refractivity contribution in [2.75, 3.05) is 38.1 Å². The van der Waals surface area contributed by atoms with Gasteiger partial charge in [0.1, 0.15) is 0 Å². The first-order valence-corrected chi connectivity index (χ1v) is 12.4. The van der Waals surface area contributed by atoms with Crippen molar-refractivity contribution in [3.8, 4) is 11.5 Å². The van der Waals surface area contributed by atoms with Gasteiger partial charge in [0.05, 0.1) is 13.0 Å². The van der Waals surface area contributed by atoms with Crippen molar-refractivity contribution in [2.45, 2.75) is 44.7 Å². The quantitative estimate of drug-likeness (QED) is 0.532. The van der Waals surface area contributed by atoms with E-state index in [0.717, 1.165) is 63.0 Å². The zero-order valence-electron chi connectivity index (χ0n) is 19.9. The number of amides is 1. The van der Waals surface area contributed by atoms with E-state index in [2.05, 4.69) is 51.3 Å². The zero-order valence-corrected chi connectivity index (χ0v) is 19.9. The summed E-state index contributed by atoms with van der Waals surface area (Å²) in [5, 5.41) is 8.46. The van der Waals surface area contributed by atoms with Gasteiger partial charge in [-0.2, -0.15) is 0 Å². The fourth-order valence-electron chi connectivity index (χ4n) is 5.00. The van der Waals surface area contributed by atoms with Crippen molar-refractivity contribution < 1.29 is 9.21 Å². The standard InChI is InChI=1S/C27H33N5O2/c1-30(20-25-28-29-27(34-25)22-7-3-2-4-8-22)23-13-17-31(18-14-23)24-11-9-21(10-12-24)19-26(33)32-15-5-6-16-32/h2-4,7-12,23H,5-6,13-20H2,1H3. The molecular formula is C27H33N5O2. The second-order valence-electron chi connectivity index (χ2n) is 9.43. The molecule has 1 aromatic heterocycles. The summed E-state index contributed by atoms with van der Waals surface area (Å²) in [6.45, 7) is 4.52. The Labute approximate surface area is 201 Å². The maximum Gasteiger partial charge on any atom is 0.247 e.